The van der Waals surface area contributed by atoms with Crippen molar-refractivity contribution in [2.24, 2.45) is 5.92 Å². The van der Waals surface area contributed by atoms with E-state index in [1.165, 1.54) is 24.3 Å². The Morgan fingerprint density at radius 1 is 1.43 bits per heavy atom. The van der Waals surface area contributed by atoms with Gasteiger partial charge in [-0.3, -0.25) is 4.79 Å². The summed E-state index contributed by atoms with van der Waals surface area (Å²) in [6.07, 6.45) is 0.727. The van der Waals surface area contributed by atoms with E-state index in [0.717, 1.165) is 6.42 Å². The first-order valence-corrected chi connectivity index (χ1v) is 8.27. The first-order valence-electron chi connectivity index (χ1n) is 6.79. The second kappa shape index (κ2) is 6.55. The predicted octanol–water partition coefficient (Wildman–Crippen LogP) is 1.02. The van der Waals surface area contributed by atoms with Crippen molar-refractivity contribution in [2.45, 2.75) is 30.7 Å². The van der Waals surface area contributed by atoms with E-state index in [1.54, 1.807) is 0 Å². The van der Waals surface area contributed by atoms with E-state index in [4.69, 9.17) is 9.84 Å². The van der Waals surface area contributed by atoms with Crippen LogP contribution in [-0.4, -0.2) is 38.7 Å². The molecule has 1 aromatic rings. The number of benzene rings is 1. The molecule has 1 aliphatic heterocycles. The summed E-state index contributed by atoms with van der Waals surface area (Å²) in [5, 5.41) is 8.69. The molecule has 0 amide bonds. The second-order valence-electron chi connectivity index (χ2n) is 5.25. The van der Waals surface area contributed by atoms with Crippen molar-refractivity contribution >= 4 is 16.0 Å². The summed E-state index contributed by atoms with van der Waals surface area (Å²) in [6, 6.07) is 5.70. The minimum Gasteiger partial charge on any atom is -0.481 e. The Morgan fingerprint density at radius 2 is 2.10 bits per heavy atom. The molecule has 6 nitrogen and oxygen atoms in total. The van der Waals surface area contributed by atoms with Gasteiger partial charge in [-0.2, -0.15) is 0 Å². The number of sulfonamides is 1. The van der Waals surface area contributed by atoms with Crippen LogP contribution >= 0.6 is 0 Å². The summed E-state index contributed by atoms with van der Waals surface area (Å²) in [6.45, 7) is 3.07. The van der Waals surface area contributed by atoms with Crippen LogP contribution in [0, 0.1) is 5.92 Å². The minimum atomic E-state index is -3.60. The van der Waals surface area contributed by atoms with Gasteiger partial charge in [-0.1, -0.05) is 12.1 Å². The molecule has 2 rings (SSSR count). The zero-order valence-electron chi connectivity index (χ0n) is 11.8. The maximum absolute atomic E-state index is 12.3. The molecule has 21 heavy (non-hydrogen) atoms. The lowest BCUT2D eigenvalue weighted by Crippen LogP contribution is -2.38. The van der Waals surface area contributed by atoms with E-state index in [2.05, 4.69) is 4.72 Å². The summed E-state index contributed by atoms with van der Waals surface area (Å²) >= 11 is 0. The number of carbonyl (C=O) groups is 1. The first-order chi connectivity index (χ1) is 9.88. The van der Waals surface area contributed by atoms with Crippen molar-refractivity contribution in [1.82, 2.24) is 4.72 Å². The Bertz CT molecular complexity index is 590. The van der Waals surface area contributed by atoms with Crippen LogP contribution in [0.2, 0.25) is 0 Å². The highest BCUT2D eigenvalue weighted by Gasteiger charge is 2.26. The van der Waals surface area contributed by atoms with Crippen molar-refractivity contribution in [2.75, 3.05) is 13.2 Å². The average molecular weight is 313 g/mol. The van der Waals surface area contributed by atoms with Crippen molar-refractivity contribution < 1.29 is 23.1 Å². The lowest BCUT2D eigenvalue weighted by molar-refractivity contribution is -0.136. The van der Waals surface area contributed by atoms with Crippen molar-refractivity contribution in [3.05, 3.63) is 29.8 Å². The van der Waals surface area contributed by atoms with Gasteiger partial charge in [-0.15, -0.1) is 0 Å². The SMILES string of the molecule is CC(NS(=O)(=O)c1ccc(CC(=O)O)cc1)C1CCOC1. The number of rotatable bonds is 6. The lowest BCUT2D eigenvalue weighted by atomic mass is 10.0. The molecule has 116 valence electrons. The van der Waals surface area contributed by atoms with Gasteiger partial charge in [0.15, 0.2) is 0 Å². The largest absolute Gasteiger partial charge is 0.481 e. The van der Waals surface area contributed by atoms with Gasteiger partial charge in [0.25, 0.3) is 0 Å². The molecular formula is C14H19NO5S. The lowest BCUT2D eigenvalue weighted by Gasteiger charge is -2.19. The van der Waals surface area contributed by atoms with Crippen LogP contribution in [-0.2, 0) is 26.0 Å². The number of ether oxygens (including phenoxy) is 1. The van der Waals surface area contributed by atoms with E-state index < -0.39 is 16.0 Å². The van der Waals surface area contributed by atoms with Crippen molar-refractivity contribution in [3.8, 4) is 0 Å². The first kappa shape index (κ1) is 15.9. The molecule has 1 aromatic carbocycles. The highest BCUT2D eigenvalue weighted by atomic mass is 32.2. The average Bonchev–Trinajstić information content (AvgIpc) is 2.92. The molecule has 7 heteroatoms. The molecule has 1 fully saturated rings. The molecular weight excluding hydrogens is 294 g/mol. The fourth-order valence-corrected chi connectivity index (χ4v) is 3.63. The number of carboxylic acid groups (broad SMARTS) is 1. The van der Waals surface area contributed by atoms with Crippen LogP contribution in [0.25, 0.3) is 0 Å². The summed E-state index contributed by atoms with van der Waals surface area (Å²) in [5.41, 5.74) is 0.568. The minimum absolute atomic E-state index is 0.121. The van der Waals surface area contributed by atoms with Gasteiger partial charge in [-0.25, -0.2) is 13.1 Å². The Balaban J connectivity index is 2.06. The van der Waals surface area contributed by atoms with E-state index >= 15 is 0 Å². The molecule has 2 N–H and O–H groups in total. The quantitative estimate of drug-likeness (QED) is 0.818. The van der Waals surface area contributed by atoms with Gasteiger partial charge in [0, 0.05) is 18.6 Å². The number of hydrogen-bond acceptors (Lipinski definition) is 4. The van der Waals surface area contributed by atoms with Crippen molar-refractivity contribution in [3.63, 3.8) is 0 Å². The zero-order valence-corrected chi connectivity index (χ0v) is 12.6. The monoisotopic (exact) mass is 313 g/mol. The Labute approximate surface area is 124 Å². The summed E-state index contributed by atoms with van der Waals surface area (Å²) < 4.78 is 32.4. The van der Waals surface area contributed by atoms with Crippen LogP contribution in [0.15, 0.2) is 29.2 Å². The van der Waals surface area contributed by atoms with E-state index in [0.29, 0.717) is 18.8 Å². The molecule has 0 aliphatic carbocycles. The van der Waals surface area contributed by atoms with Gasteiger partial charge in [0.1, 0.15) is 0 Å². The van der Waals surface area contributed by atoms with Gasteiger partial charge in [0.2, 0.25) is 10.0 Å². The van der Waals surface area contributed by atoms with Gasteiger partial charge < -0.3 is 9.84 Å². The van der Waals surface area contributed by atoms with Gasteiger partial charge in [0.05, 0.1) is 17.9 Å². The third-order valence-electron chi connectivity index (χ3n) is 3.60. The van der Waals surface area contributed by atoms with Crippen LogP contribution in [0.1, 0.15) is 18.9 Å². The standard InChI is InChI=1S/C14H19NO5S/c1-10(12-6-7-20-9-12)15-21(18,19)13-4-2-11(3-5-13)8-14(16)17/h2-5,10,12,15H,6-9H2,1H3,(H,16,17). The van der Waals surface area contributed by atoms with E-state index in [9.17, 15) is 13.2 Å². The van der Waals surface area contributed by atoms with Crippen molar-refractivity contribution in [1.29, 1.82) is 0 Å². The van der Waals surface area contributed by atoms with Gasteiger partial charge in [-0.05, 0) is 31.0 Å². The second-order valence-corrected chi connectivity index (χ2v) is 6.96. The number of nitrogens with one attached hydrogen (secondary N) is 1. The smallest absolute Gasteiger partial charge is 0.307 e. The third-order valence-corrected chi connectivity index (χ3v) is 5.18. The third kappa shape index (κ3) is 4.26. The van der Waals surface area contributed by atoms with Gasteiger partial charge >= 0.3 is 5.97 Å². The van der Waals surface area contributed by atoms with Crippen LogP contribution in [0.4, 0.5) is 0 Å². The van der Waals surface area contributed by atoms with Crippen LogP contribution < -0.4 is 4.72 Å². The molecule has 2 unspecified atom stereocenters. The molecule has 0 saturated carbocycles. The van der Waals surface area contributed by atoms with E-state index in [1.807, 2.05) is 6.92 Å². The fraction of sp³-hybridized carbons (Fsp3) is 0.500. The number of aliphatic carboxylic acids is 1. The number of carboxylic acids is 1. The molecule has 0 aromatic heterocycles. The summed E-state index contributed by atoms with van der Waals surface area (Å²) in [4.78, 5) is 10.7. The van der Waals surface area contributed by atoms with Crippen LogP contribution in [0.5, 0.6) is 0 Å². The maximum atomic E-state index is 12.3. The molecule has 1 aliphatic rings. The molecule has 1 heterocycles. The summed E-state index contributed by atoms with van der Waals surface area (Å²) in [7, 11) is -3.60. The highest BCUT2D eigenvalue weighted by molar-refractivity contribution is 7.89. The molecule has 0 spiro atoms. The molecule has 0 bridgehead atoms. The Morgan fingerprint density at radius 3 is 2.62 bits per heavy atom. The molecule has 2 atom stereocenters. The topological polar surface area (TPSA) is 92.7 Å². The fourth-order valence-electron chi connectivity index (χ4n) is 2.32. The maximum Gasteiger partial charge on any atom is 0.307 e. The van der Waals surface area contributed by atoms with E-state index in [-0.39, 0.29) is 23.3 Å². The number of hydrogen-bond donors (Lipinski definition) is 2. The summed E-state index contributed by atoms with van der Waals surface area (Å²) in [5.74, 6) is -0.760. The highest BCUT2D eigenvalue weighted by Crippen LogP contribution is 2.19. The predicted molar refractivity (Wildman–Crippen MR) is 76.5 cm³/mol. The molecule has 0 radical (unpaired) electrons. The van der Waals surface area contributed by atoms with Crippen LogP contribution in [0.3, 0.4) is 0 Å². The Hall–Kier alpha value is -1.44. The Kier molecular flexibility index (Phi) is 4.97. The molecule has 1 saturated heterocycles. The zero-order chi connectivity index (χ0) is 15.5. The normalized spacial score (nSPS) is 20.3.